The molecule has 5 heteroatoms. The number of hydrogen-bond donors (Lipinski definition) is 1. The standard InChI is InChI=1S/C16H29N3O2/c1-5-13(2)19-9-6-14(18-19)12-15(17-3)16(20-4)7-10-21-11-8-16/h6,9,13,15,17H,5,7-8,10-12H2,1-4H3. The molecule has 21 heavy (non-hydrogen) atoms. The van der Waals surface area contributed by atoms with Crippen molar-refractivity contribution >= 4 is 0 Å². The van der Waals surface area contributed by atoms with Crippen molar-refractivity contribution in [3.63, 3.8) is 0 Å². The van der Waals surface area contributed by atoms with Crippen molar-refractivity contribution in [3.8, 4) is 0 Å². The summed E-state index contributed by atoms with van der Waals surface area (Å²) in [5, 5.41) is 8.15. The molecule has 0 bridgehead atoms. The third-order valence-electron chi connectivity index (χ3n) is 4.85. The molecule has 1 fully saturated rings. The Balaban J connectivity index is 2.09. The van der Waals surface area contributed by atoms with Gasteiger partial charge in [0.1, 0.15) is 0 Å². The van der Waals surface area contributed by atoms with Crippen LogP contribution >= 0.6 is 0 Å². The number of nitrogens with one attached hydrogen (secondary N) is 1. The van der Waals surface area contributed by atoms with E-state index in [-0.39, 0.29) is 11.6 Å². The topological polar surface area (TPSA) is 48.3 Å². The maximum absolute atomic E-state index is 5.90. The third-order valence-corrected chi connectivity index (χ3v) is 4.85. The van der Waals surface area contributed by atoms with Crippen LogP contribution in [0, 0.1) is 0 Å². The van der Waals surface area contributed by atoms with Gasteiger partial charge in [-0.3, -0.25) is 4.68 Å². The molecular weight excluding hydrogens is 266 g/mol. The van der Waals surface area contributed by atoms with Crippen molar-refractivity contribution in [1.29, 1.82) is 0 Å². The lowest BCUT2D eigenvalue weighted by Gasteiger charge is -2.42. The predicted octanol–water partition coefficient (Wildman–Crippen LogP) is 2.18. The Morgan fingerprint density at radius 1 is 1.48 bits per heavy atom. The van der Waals surface area contributed by atoms with Crippen molar-refractivity contribution in [1.82, 2.24) is 15.1 Å². The fourth-order valence-electron chi connectivity index (χ4n) is 3.09. The fourth-order valence-corrected chi connectivity index (χ4v) is 3.09. The Bertz CT molecular complexity index is 427. The van der Waals surface area contributed by atoms with Gasteiger partial charge in [0.05, 0.1) is 11.3 Å². The van der Waals surface area contributed by atoms with E-state index in [2.05, 4.69) is 36.1 Å². The molecule has 0 spiro atoms. The second-order valence-electron chi connectivity index (χ2n) is 5.97. The number of hydrogen-bond acceptors (Lipinski definition) is 4. The van der Waals surface area contributed by atoms with E-state index < -0.39 is 0 Å². The summed E-state index contributed by atoms with van der Waals surface area (Å²) >= 11 is 0. The van der Waals surface area contributed by atoms with Crippen LogP contribution in [0.25, 0.3) is 0 Å². The van der Waals surface area contributed by atoms with E-state index >= 15 is 0 Å². The van der Waals surface area contributed by atoms with Crippen molar-refractivity contribution in [3.05, 3.63) is 18.0 Å². The van der Waals surface area contributed by atoms with Gasteiger partial charge in [0, 0.05) is 57.9 Å². The molecule has 1 saturated heterocycles. The Kier molecular flexibility index (Phi) is 5.79. The maximum atomic E-state index is 5.90. The third kappa shape index (κ3) is 3.65. The van der Waals surface area contributed by atoms with Crippen LogP contribution in [-0.2, 0) is 15.9 Å². The van der Waals surface area contributed by atoms with E-state index in [1.165, 1.54) is 0 Å². The summed E-state index contributed by atoms with van der Waals surface area (Å²) < 4.78 is 13.5. The number of likely N-dealkylation sites (N-methyl/N-ethyl adjacent to an activating group) is 1. The molecule has 1 aromatic rings. The van der Waals surface area contributed by atoms with Crippen molar-refractivity contribution in [2.45, 2.75) is 57.2 Å². The van der Waals surface area contributed by atoms with E-state index in [9.17, 15) is 0 Å². The lowest BCUT2D eigenvalue weighted by atomic mass is 9.83. The molecule has 1 N–H and O–H groups in total. The number of methoxy groups -OCH3 is 1. The zero-order valence-electron chi connectivity index (χ0n) is 13.8. The van der Waals surface area contributed by atoms with Crippen LogP contribution in [0.3, 0.4) is 0 Å². The van der Waals surface area contributed by atoms with Gasteiger partial charge >= 0.3 is 0 Å². The van der Waals surface area contributed by atoms with Gasteiger partial charge in [-0.2, -0.15) is 5.10 Å². The van der Waals surface area contributed by atoms with E-state index in [1.807, 2.05) is 14.2 Å². The number of rotatable bonds is 7. The van der Waals surface area contributed by atoms with E-state index in [1.54, 1.807) is 0 Å². The number of aromatic nitrogens is 2. The minimum absolute atomic E-state index is 0.146. The molecular formula is C16H29N3O2. The average Bonchev–Trinajstić information content (AvgIpc) is 3.01. The maximum Gasteiger partial charge on any atom is 0.0878 e. The van der Waals surface area contributed by atoms with Crippen LogP contribution in [-0.4, -0.2) is 48.8 Å². The Morgan fingerprint density at radius 3 is 2.76 bits per heavy atom. The highest BCUT2D eigenvalue weighted by Gasteiger charge is 2.40. The number of nitrogens with zero attached hydrogens (tertiary/aromatic N) is 2. The molecule has 120 valence electrons. The second kappa shape index (κ2) is 7.38. The molecule has 1 aliphatic heterocycles. The lowest BCUT2D eigenvalue weighted by Crippen LogP contribution is -2.55. The molecule has 2 heterocycles. The SMILES string of the molecule is CCC(C)n1ccc(CC(NC)C2(OC)CCOCC2)n1. The summed E-state index contributed by atoms with van der Waals surface area (Å²) in [6.45, 7) is 5.92. The molecule has 0 amide bonds. The summed E-state index contributed by atoms with van der Waals surface area (Å²) in [4.78, 5) is 0. The normalized spacial score (nSPS) is 21.1. The first-order valence-electron chi connectivity index (χ1n) is 7.99. The van der Waals surface area contributed by atoms with Gasteiger partial charge in [0.25, 0.3) is 0 Å². The molecule has 1 aliphatic rings. The van der Waals surface area contributed by atoms with Crippen molar-refractivity contribution in [2.24, 2.45) is 0 Å². The van der Waals surface area contributed by atoms with Gasteiger partial charge in [-0.25, -0.2) is 0 Å². The summed E-state index contributed by atoms with van der Waals surface area (Å²) in [7, 11) is 3.82. The molecule has 2 rings (SSSR count). The highest BCUT2D eigenvalue weighted by atomic mass is 16.5. The molecule has 5 nitrogen and oxygen atoms in total. The van der Waals surface area contributed by atoms with Gasteiger partial charge in [0.15, 0.2) is 0 Å². The minimum atomic E-state index is -0.146. The van der Waals surface area contributed by atoms with E-state index in [4.69, 9.17) is 14.6 Å². The number of ether oxygens (including phenoxy) is 2. The Labute approximate surface area is 128 Å². The van der Waals surface area contributed by atoms with Gasteiger partial charge < -0.3 is 14.8 Å². The molecule has 0 aliphatic carbocycles. The molecule has 0 saturated carbocycles. The van der Waals surface area contributed by atoms with Gasteiger partial charge in [-0.05, 0) is 26.5 Å². The van der Waals surface area contributed by atoms with E-state index in [0.29, 0.717) is 6.04 Å². The monoisotopic (exact) mass is 295 g/mol. The van der Waals surface area contributed by atoms with Gasteiger partial charge in [-0.15, -0.1) is 0 Å². The zero-order chi connectivity index (χ0) is 15.3. The average molecular weight is 295 g/mol. The second-order valence-corrected chi connectivity index (χ2v) is 5.97. The summed E-state index contributed by atoms with van der Waals surface area (Å²) in [5.74, 6) is 0. The van der Waals surface area contributed by atoms with Gasteiger partial charge in [-0.1, -0.05) is 6.92 Å². The highest BCUT2D eigenvalue weighted by Crippen LogP contribution is 2.30. The molecule has 2 atom stereocenters. The smallest absolute Gasteiger partial charge is 0.0878 e. The van der Waals surface area contributed by atoms with Crippen LogP contribution < -0.4 is 5.32 Å². The van der Waals surface area contributed by atoms with Crippen LogP contribution in [0.15, 0.2) is 12.3 Å². The molecule has 2 unspecified atom stereocenters. The first kappa shape index (κ1) is 16.5. The fraction of sp³-hybridized carbons (Fsp3) is 0.812. The van der Waals surface area contributed by atoms with E-state index in [0.717, 1.165) is 44.6 Å². The quantitative estimate of drug-likeness (QED) is 0.837. The Hall–Kier alpha value is -0.910. The minimum Gasteiger partial charge on any atom is -0.381 e. The zero-order valence-corrected chi connectivity index (χ0v) is 13.8. The summed E-state index contributed by atoms with van der Waals surface area (Å²) in [6.07, 6.45) is 5.92. The first-order valence-corrected chi connectivity index (χ1v) is 7.99. The van der Waals surface area contributed by atoms with Crippen molar-refractivity contribution < 1.29 is 9.47 Å². The van der Waals surface area contributed by atoms with Crippen LogP contribution in [0.2, 0.25) is 0 Å². The predicted molar refractivity (Wildman–Crippen MR) is 83.6 cm³/mol. The first-order chi connectivity index (χ1) is 10.1. The van der Waals surface area contributed by atoms with Gasteiger partial charge in [0.2, 0.25) is 0 Å². The van der Waals surface area contributed by atoms with Crippen molar-refractivity contribution in [2.75, 3.05) is 27.4 Å². The largest absolute Gasteiger partial charge is 0.381 e. The van der Waals surface area contributed by atoms with Crippen LogP contribution in [0.4, 0.5) is 0 Å². The lowest BCUT2D eigenvalue weighted by molar-refractivity contribution is -0.109. The Morgan fingerprint density at radius 2 is 2.19 bits per heavy atom. The van der Waals surface area contributed by atoms with Crippen LogP contribution in [0.5, 0.6) is 0 Å². The summed E-state index contributed by atoms with van der Waals surface area (Å²) in [5.41, 5.74) is 0.977. The summed E-state index contributed by atoms with van der Waals surface area (Å²) in [6, 6.07) is 2.83. The van der Waals surface area contributed by atoms with Crippen LogP contribution in [0.1, 0.15) is 44.8 Å². The highest BCUT2D eigenvalue weighted by molar-refractivity contribution is 5.07. The molecule has 0 radical (unpaired) electrons. The molecule has 0 aromatic carbocycles. The molecule has 1 aromatic heterocycles.